The van der Waals surface area contributed by atoms with Crippen LogP contribution in [0.5, 0.6) is 5.75 Å². The van der Waals surface area contributed by atoms with Crippen molar-refractivity contribution < 1.29 is 5.11 Å². The van der Waals surface area contributed by atoms with E-state index in [4.69, 9.17) is 16.5 Å². The fourth-order valence-corrected chi connectivity index (χ4v) is 4.26. The summed E-state index contributed by atoms with van der Waals surface area (Å²) in [6, 6.07) is 15.9. The summed E-state index contributed by atoms with van der Waals surface area (Å²) in [6.07, 6.45) is 7.19. The second-order valence-electron chi connectivity index (χ2n) is 7.65. The molecule has 4 rings (SSSR count). The van der Waals surface area contributed by atoms with Crippen molar-refractivity contribution >= 4 is 17.6 Å². The highest BCUT2D eigenvalue weighted by Gasteiger charge is 2.42. The molecule has 1 aliphatic carbocycles. The van der Waals surface area contributed by atoms with Crippen LogP contribution in [0.1, 0.15) is 43.2 Å². The first-order chi connectivity index (χ1) is 13.6. The van der Waals surface area contributed by atoms with E-state index in [1.165, 1.54) is 17.5 Å². The zero-order valence-corrected chi connectivity index (χ0v) is 16.0. The highest BCUT2D eigenvalue weighted by Crippen LogP contribution is 2.39. The second kappa shape index (κ2) is 7.54. The number of aromatic hydroxyl groups is 1. The number of hydrogen-bond donors (Lipinski definition) is 3. The molecule has 2 aliphatic rings. The summed E-state index contributed by atoms with van der Waals surface area (Å²) in [4.78, 5) is 11.0. The summed E-state index contributed by atoms with van der Waals surface area (Å²) in [5, 5.41) is 9.40. The molecule has 0 atom stereocenters. The van der Waals surface area contributed by atoms with Gasteiger partial charge in [0.15, 0.2) is 0 Å². The van der Waals surface area contributed by atoms with Crippen LogP contribution in [0.15, 0.2) is 58.5 Å². The van der Waals surface area contributed by atoms with Gasteiger partial charge in [0.05, 0.1) is 0 Å². The molecule has 0 bridgehead atoms. The summed E-state index contributed by atoms with van der Waals surface area (Å²) in [7, 11) is 0. The van der Waals surface area contributed by atoms with E-state index in [1.54, 1.807) is 12.1 Å². The van der Waals surface area contributed by atoms with Crippen molar-refractivity contribution in [3.8, 4) is 5.75 Å². The van der Waals surface area contributed by atoms with E-state index in [2.05, 4.69) is 34.2 Å². The topological polar surface area (TPSA) is 100 Å². The van der Waals surface area contributed by atoms with E-state index in [0.717, 1.165) is 44.2 Å². The molecule has 2 aromatic carbocycles. The van der Waals surface area contributed by atoms with Gasteiger partial charge in [0, 0.05) is 5.69 Å². The molecule has 0 unspecified atom stereocenters. The Bertz CT molecular complexity index is 880. The van der Waals surface area contributed by atoms with Crippen LogP contribution in [0.3, 0.4) is 0 Å². The Morgan fingerprint density at radius 2 is 1.43 bits per heavy atom. The van der Waals surface area contributed by atoms with E-state index in [1.807, 2.05) is 12.1 Å². The van der Waals surface area contributed by atoms with Crippen LogP contribution in [-0.2, 0) is 12.8 Å². The number of aryl methyl sites for hydroxylation is 2. The maximum atomic E-state index is 9.40. The van der Waals surface area contributed by atoms with E-state index >= 15 is 0 Å². The van der Waals surface area contributed by atoms with Gasteiger partial charge in [0.1, 0.15) is 11.4 Å². The largest absolute Gasteiger partial charge is 0.508 e. The van der Waals surface area contributed by atoms with Crippen molar-refractivity contribution in [2.24, 2.45) is 21.5 Å². The number of hydrogen-bond acceptors (Lipinski definition) is 6. The Balaban J connectivity index is 1.52. The molecule has 1 spiro atoms. The van der Waals surface area contributed by atoms with Crippen LogP contribution in [-0.4, -0.2) is 22.7 Å². The second-order valence-corrected chi connectivity index (χ2v) is 7.65. The minimum atomic E-state index is -0.401. The molecule has 28 heavy (non-hydrogen) atoms. The van der Waals surface area contributed by atoms with Crippen LogP contribution in [0.2, 0.25) is 0 Å². The van der Waals surface area contributed by atoms with E-state index in [-0.39, 0.29) is 5.96 Å². The van der Waals surface area contributed by atoms with Crippen LogP contribution in [0.4, 0.5) is 5.69 Å². The first-order valence-electron chi connectivity index (χ1n) is 9.92. The van der Waals surface area contributed by atoms with Gasteiger partial charge in [-0.15, -0.1) is 0 Å². The third-order valence-corrected chi connectivity index (χ3v) is 5.68. The first kappa shape index (κ1) is 18.3. The van der Waals surface area contributed by atoms with Crippen molar-refractivity contribution in [2.75, 3.05) is 4.90 Å². The molecular weight excluding hydrogens is 350 g/mol. The van der Waals surface area contributed by atoms with Gasteiger partial charge in [-0.2, -0.15) is 4.99 Å². The maximum Gasteiger partial charge on any atom is 0.220 e. The highest BCUT2D eigenvalue weighted by atomic mass is 16.3. The minimum absolute atomic E-state index is 0.279. The lowest BCUT2D eigenvalue weighted by atomic mass is 9.87. The maximum absolute atomic E-state index is 9.40. The van der Waals surface area contributed by atoms with Gasteiger partial charge < -0.3 is 16.6 Å². The van der Waals surface area contributed by atoms with Crippen LogP contribution >= 0.6 is 0 Å². The summed E-state index contributed by atoms with van der Waals surface area (Å²) < 4.78 is 0. The quantitative estimate of drug-likeness (QED) is 0.761. The fraction of sp³-hybridized carbons (Fsp3) is 0.364. The molecule has 5 N–H and O–H groups in total. The number of guanidine groups is 2. The van der Waals surface area contributed by atoms with Gasteiger partial charge in [-0.25, -0.2) is 4.99 Å². The lowest BCUT2D eigenvalue weighted by molar-refractivity contribution is 0.305. The number of aliphatic imine (C=N–C) groups is 2. The predicted octanol–water partition coefficient (Wildman–Crippen LogP) is 3.29. The highest BCUT2D eigenvalue weighted by molar-refractivity contribution is 6.05. The molecule has 6 nitrogen and oxygen atoms in total. The molecule has 0 saturated heterocycles. The number of phenolic OH excluding ortho intramolecular Hbond substituents is 1. The van der Waals surface area contributed by atoms with Gasteiger partial charge in [0.25, 0.3) is 0 Å². The number of phenols is 1. The zero-order chi connectivity index (χ0) is 19.6. The monoisotopic (exact) mass is 377 g/mol. The fourth-order valence-electron chi connectivity index (χ4n) is 4.26. The first-order valence-corrected chi connectivity index (χ1v) is 9.92. The van der Waals surface area contributed by atoms with Gasteiger partial charge in [-0.3, -0.25) is 4.90 Å². The Morgan fingerprint density at radius 3 is 2.04 bits per heavy atom. The van der Waals surface area contributed by atoms with Crippen LogP contribution in [0.25, 0.3) is 0 Å². The normalized spacial score (nSPS) is 18.6. The van der Waals surface area contributed by atoms with Crippen LogP contribution in [0, 0.1) is 0 Å². The van der Waals surface area contributed by atoms with Crippen molar-refractivity contribution in [1.29, 1.82) is 0 Å². The number of benzene rings is 2. The average molecular weight is 377 g/mol. The summed E-state index contributed by atoms with van der Waals surface area (Å²) >= 11 is 0. The Kier molecular flexibility index (Phi) is 4.94. The zero-order valence-electron chi connectivity index (χ0n) is 16.0. The molecule has 1 heterocycles. The molecule has 1 fully saturated rings. The third kappa shape index (κ3) is 3.67. The lowest BCUT2D eigenvalue weighted by Crippen LogP contribution is -2.58. The molecule has 2 aromatic rings. The third-order valence-electron chi connectivity index (χ3n) is 5.68. The Hall–Kier alpha value is -3.02. The predicted molar refractivity (Wildman–Crippen MR) is 113 cm³/mol. The molecule has 0 aromatic heterocycles. The summed E-state index contributed by atoms with van der Waals surface area (Å²) in [5.74, 6) is 1.00. The van der Waals surface area contributed by atoms with Crippen molar-refractivity contribution in [1.82, 2.24) is 0 Å². The van der Waals surface area contributed by atoms with Gasteiger partial charge >= 0.3 is 0 Å². The standard InChI is InChI=1S/C22H27N5O/c23-20-25-21(24)27(22(26-20)14-2-1-3-15-22)18-10-6-16(7-11-18)4-5-17-8-12-19(28)13-9-17/h6-13,28H,1-5,14-15H2,(H4,23,24,25,26). The number of nitrogens with zero attached hydrogens (tertiary/aromatic N) is 3. The minimum Gasteiger partial charge on any atom is -0.508 e. The van der Waals surface area contributed by atoms with Gasteiger partial charge in [0.2, 0.25) is 11.9 Å². The lowest BCUT2D eigenvalue weighted by Gasteiger charge is -2.45. The Labute approximate surface area is 165 Å². The van der Waals surface area contributed by atoms with Crippen molar-refractivity contribution in [3.05, 3.63) is 59.7 Å². The molecule has 0 amide bonds. The number of anilines is 1. The molecular formula is C22H27N5O. The van der Waals surface area contributed by atoms with E-state index < -0.39 is 5.66 Å². The molecule has 146 valence electrons. The molecule has 0 radical (unpaired) electrons. The number of rotatable bonds is 4. The molecule has 6 heteroatoms. The Morgan fingerprint density at radius 1 is 0.857 bits per heavy atom. The van der Waals surface area contributed by atoms with Gasteiger partial charge in [-0.05, 0) is 73.9 Å². The van der Waals surface area contributed by atoms with E-state index in [0.29, 0.717) is 11.7 Å². The SMILES string of the molecule is NC1=NC2(CCCCC2)N(c2ccc(CCc3ccc(O)cc3)cc2)C(N)=N1. The average Bonchev–Trinajstić information content (AvgIpc) is 2.68. The summed E-state index contributed by atoms with van der Waals surface area (Å²) in [5.41, 5.74) is 15.3. The van der Waals surface area contributed by atoms with Crippen LogP contribution < -0.4 is 16.4 Å². The summed E-state index contributed by atoms with van der Waals surface area (Å²) in [6.45, 7) is 0. The number of nitrogens with two attached hydrogens (primary N) is 2. The molecule has 1 aliphatic heterocycles. The van der Waals surface area contributed by atoms with Gasteiger partial charge in [-0.1, -0.05) is 30.7 Å². The van der Waals surface area contributed by atoms with E-state index in [9.17, 15) is 5.11 Å². The van der Waals surface area contributed by atoms with Crippen molar-refractivity contribution in [3.63, 3.8) is 0 Å². The van der Waals surface area contributed by atoms with Crippen molar-refractivity contribution in [2.45, 2.75) is 50.6 Å². The smallest absolute Gasteiger partial charge is 0.220 e. The molecule has 1 saturated carbocycles.